The average molecular weight is 437 g/mol. The second-order valence-electron chi connectivity index (χ2n) is 7.85. The maximum atomic E-state index is 13.3. The third-order valence-corrected chi connectivity index (χ3v) is 5.82. The Morgan fingerprint density at radius 2 is 1.84 bits per heavy atom. The summed E-state index contributed by atoms with van der Waals surface area (Å²) >= 11 is 0. The van der Waals surface area contributed by atoms with E-state index in [0.717, 1.165) is 22.3 Å². The molecule has 2 heterocycles. The fourth-order valence-electron chi connectivity index (χ4n) is 4.43. The summed E-state index contributed by atoms with van der Waals surface area (Å²) in [6, 6.07) is 8.85. The maximum absolute atomic E-state index is 13.3. The van der Waals surface area contributed by atoms with Crippen molar-refractivity contribution in [3.8, 4) is 28.5 Å². The van der Waals surface area contributed by atoms with Crippen LogP contribution < -0.4 is 9.47 Å². The number of phenols is 1. The van der Waals surface area contributed by atoms with Gasteiger partial charge in [0.1, 0.15) is 17.1 Å². The molecule has 0 bridgehead atoms. The van der Waals surface area contributed by atoms with Crippen molar-refractivity contribution in [2.24, 2.45) is 0 Å². The highest BCUT2D eigenvalue weighted by molar-refractivity contribution is 6.00. The molecule has 0 radical (unpaired) electrons. The van der Waals surface area contributed by atoms with Gasteiger partial charge in [-0.25, -0.2) is 0 Å². The molecule has 1 amide bonds. The van der Waals surface area contributed by atoms with Gasteiger partial charge in [0.2, 0.25) is 0 Å². The number of aromatic amines is 1. The third kappa shape index (κ3) is 3.46. The van der Waals surface area contributed by atoms with E-state index in [-0.39, 0.29) is 11.7 Å². The van der Waals surface area contributed by atoms with Crippen molar-refractivity contribution in [2.45, 2.75) is 19.9 Å². The van der Waals surface area contributed by atoms with E-state index in [1.54, 1.807) is 32.3 Å². The Bertz CT molecular complexity index is 1150. The first-order chi connectivity index (χ1) is 15.4. The van der Waals surface area contributed by atoms with Gasteiger partial charge in [0.15, 0.2) is 11.5 Å². The van der Waals surface area contributed by atoms with Crippen LogP contribution in [0.2, 0.25) is 0 Å². The van der Waals surface area contributed by atoms with E-state index >= 15 is 0 Å². The molecule has 8 nitrogen and oxygen atoms in total. The average Bonchev–Trinajstić information content (AvgIpc) is 3.30. The Balaban J connectivity index is 1.92. The monoisotopic (exact) mass is 437 g/mol. The largest absolute Gasteiger partial charge is 0.507 e. The zero-order valence-electron chi connectivity index (χ0n) is 18.9. The lowest BCUT2D eigenvalue weighted by atomic mass is 9.93. The minimum Gasteiger partial charge on any atom is -0.507 e. The molecule has 3 aromatic rings. The van der Waals surface area contributed by atoms with E-state index < -0.39 is 6.04 Å². The van der Waals surface area contributed by atoms with Crippen LogP contribution >= 0.6 is 0 Å². The zero-order valence-corrected chi connectivity index (χ0v) is 18.9. The molecule has 0 unspecified atom stereocenters. The highest BCUT2D eigenvalue weighted by Crippen LogP contribution is 2.46. The number of nitrogens with zero attached hydrogens (tertiary/aromatic N) is 2. The molecular weight excluding hydrogens is 410 g/mol. The quantitative estimate of drug-likeness (QED) is 0.586. The van der Waals surface area contributed by atoms with Crippen LogP contribution in [0.25, 0.3) is 11.3 Å². The number of phenolic OH excluding ortho intramolecular Hbond substituents is 1. The summed E-state index contributed by atoms with van der Waals surface area (Å²) in [6.45, 7) is 4.63. The van der Waals surface area contributed by atoms with Crippen LogP contribution in [0.3, 0.4) is 0 Å². The summed E-state index contributed by atoms with van der Waals surface area (Å²) in [5.74, 6) is 1.13. The van der Waals surface area contributed by atoms with E-state index in [0.29, 0.717) is 41.6 Å². The number of hydrogen-bond donors (Lipinski definition) is 2. The summed E-state index contributed by atoms with van der Waals surface area (Å²) in [4.78, 5) is 15.1. The fraction of sp³-hybridized carbons (Fsp3) is 0.333. The molecule has 2 N–H and O–H groups in total. The molecule has 1 aromatic heterocycles. The van der Waals surface area contributed by atoms with Crippen molar-refractivity contribution in [2.75, 3.05) is 34.5 Å². The lowest BCUT2D eigenvalue weighted by Gasteiger charge is -2.27. The summed E-state index contributed by atoms with van der Waals surface area (Å²) in [5.41, 5.74) is 4.98. The standard InChI is InChI=1S/C24H27N3O5/c1-13-10-14(2)19(16(28)11-13)21-20-22(26-25-21)24(29)27(8-9-30-3)23(20)15-6-7-17(31-4)18(12-15)32-5/h6-7,10-12,23,28H,8-9H2,1-5H3,(H,25,26)/t23-/m1/s1. The second-order valence-corrected chi connectivity index (χ2v) is 7.85. The van der Waals surface area contributed by atoms with Gasteiger partial charge in [-0.2, -0.15) is 5.10 Å². The van der Waals surface area contributed by atoms with E-state index in [9.17, 15) is 9.90 Å². The Kier molecular flexibility index (Phi) is 5.80. The normalized spacial score (nSPS) is 15.2. The number of H-pyrrole nitrogens is 1. The van der Waals surface area contributed by atoms with Crippen molar-refractivity contribution >= 4 is 5.91 Å². The predicted octanol–water partition coefficient (Wildman–Crippen LogP) is 3.61. The Morgan fingerprint density at radius 1 is 1.09 bits per heavy atom. The van der Waals surface area contributed by atoms with Crippen LogP contribution in [-0.4, -0.2) is 60.6 Å². The van der Waals surface area contributed by atoms with Gasteiger partial charge >= 0.3 is 0 Å². The lowest BCUT2D eigenvalue weighted by molar-refractivity contribution is 0.0677. The molecule has 0 fully saturated rings. The zero-order chi connectivity index (χ0) is 23.0. The van der Waals surface area contributed by atoms with Gasteiger partial charge in [-0.15, -0.1) is 0 Å². The number of aryl methyl sites for hydroxylation is 2. The van der Waals surface area contributed by atoms with Crippen molar-refractivity contribution in [3.05, 3.63) is 58.3 Å². The Morgan fingerprint density at radius 3 is 2.50 bits per heavy atom. The molecule has 1 aliphatic heterocycles. The molecule has 0 aliphatic carbocycles. The molecule has 0 spiro atoms. The SMILES string of the molecule is COCCN1C(=O)c2[nH]nc(-c3c(C)cc(C)cc3O)c2[C@H]1c1ccc(OC)c(OC)c1. The van der Waals surface area contributed by atoms with Gasteiger partial charge in [0.25, 0.3) is 5.91 Å². The topological polar surface area (TPSA) is 96.9 Å². The molecule has 0 saturated heterocycles. The van der Waals surface area contributed by atoms with Crippen molar-refractivity contribution < 1.29 is 24.1 Å². The Hall–Kier alpha value is -3.52. The van der Waals surface area contributed by atoms with Gasteiger partial charge in [0, 0.05) is 24.8 Å². The first-order valence-corrected chi connectivity index (χ1v) is 10.3. The molecule has 0 saturated carbocycles. The molecule has 32 heavy (non-hydrogen) atoms. The van der Waals surface area contributed by atoms with Gasteiger partial charge in [0.05, 0.1) is 26.9 Å². The predicted molar refractivity (Wildman–Crippen MR) is 119 cm³/mol. The first kappa shape index (κ1) is 21.7. The first-order valence-electron chi connectivity index (χ1n) is 10.3. The number of nitrogens with one attached hydrogen (secondary N) is 1. The van der Waals surface area contributed by atoms with Crippen LogP contribution in [0, 0.1) is 13.8 Å². The maximum Gasteiger partial charge on any atom is 0.273 e. The van der Waals surface area contributed by atoms with Crippen LogP contribution in [-0.2, 0) is 4.74 Å². The van der Waals surface area contributed by atoms with E-state index in [4.69, 9.17) is 14.2 Å². The smallest absolute Gasteiger partial charge is 0.273 e. The van der Waals surface area contributed by atoms with Crippen molar-refractivity contribution in [1.82, 2.24) is 15.1 Å². The minimum atomic E-state index is -0.429. The Labute approximate surface area is 186 Å². The molecule has 2 aromatic carbocycles. The summed E-state index contributed by atoms with van der Waals surface area (Å²) in [5, 5.41) is 18.1. The number of carbonyl (C=O) groups excluding carboxylic acids is 1. The van der Waals surface area contributed by atoms with Gasteiger partial charge in [-0.1, -0.05) is 12.1 Å². The van der Waals surface area contributed by atoms with E-state index in [1.165, 1.54) is 0 Å². The number of aromatic nitrogens is 2. The highest BCUT2D eigenvalue weighted by Gasteiger charge is 2.42. The number of carbonyl (C=O) groups is 1. The minimum absolute atomic E-state index is 0.130. The third-order valence-electron chi connectivity index (χ3n) is 5.82. The number of rotatable bonds is 7. The number of ether oxygens (including phenoxy) is 3. The number of benzene rings is 2. The number of methoxy groups -OCH3 is 3. The van der Waals surface area contributed by atoms with Gasteiger partial charge in [-0.3, -0.25) is 9.89 Å². The second kappa shape index (κ2) is 8.55. The van der Waals surface area contributed by atoms with E-state index in [1.807, 2.05) is 38.1 Å². The van der Waals surface area contributed by atoms with Crippen molar-refractivity contribution in [1.29, 1.82) is 0 Å². The van der Waals surface area contributed by atoms with E-state index in [2.05, 4.69) is 10.2 Å². The number of hydrogen-bond acceptors (Lipinski definition) is 6. The summed E-state index contributed by atoms with van der Waals surface area (Å²) < 4.78 is 16.1. The van der Waals surface area contributed by atoms with Crippen LogP contribution in [0.15, 0.2) is 30.3 Å². The number of fused-ring (bicyclic) bond motifs is 1. The number of amides is 1. The molecule has 168 valence electrons. The highest BCUT2D eigenvalue weighted by atomic mass is 16.5. The fourth-order valence-corrected chi connectivity index (χ4v) is 4.43. The molecular formula is C24H27N3O5. The molecule has 8 heteroatoms. The van der Waals surface area contributed by atoms with Crippen LogP contribution in [0.1, 0.15) is 38.8 Å². The van der Waals surface area contributed by atoms with Crippen molar-refractivity contribution in [3.63, 3.8) is 0 Å². The molecule has 1 atom stereocenters. The number of aromatic hydroxyl groups is 1. The van der Waals surface area contributed by atoms with Gasteiger partial charge < -0.3 is 24.2 Å². The summed E-state index contributed by atoms with van der Waals surface area (Å²) in [6.07, 6.45) is 0. The van der Waals surface area contributed by atoms with Gasteiger partial charge in [-0.05, 0) is 48.7 Å². The molecule has 1 aliphatic rings. The van der Waals surface area contributed by atoms with Crippen LogP contribution in [0.4, 0.5) is 0 Å². The van der Waals surface area contributed by atoms with Crippen LogP contribution in [0.5, 0.6) is 17.2 Å². The lowest BCUT2D eigenvalue weighted by Crippen LogP contribution is -2.32. The summed E-state index contributed by atoms with van der Waals surface area (Å²) in [7, 11) is 4.76. The molecule has 4 rings (SSSR count).